The maximum Gasteiger partial charge on any atom is 0.228 e. The van der Waals surface area contributed by atoms with Gasteiger partial charge < -0.3 is 19.4 Å². The van der Waals surface area contributed by atoms with Crippen LogP contribution in [0.15, 0.2) is 42.9 Å². The number of aryl methyl sites for hydroxylation is 1. The molecular weight excluding hydrogens is 342 g/mol. The molecule has 3 heterocycles. The standard InChI is InChI=1S/C20H23N5O2/c1-23-14-22-17-11-15(4-5-18(17)23)12-19(26)24-7-9-25(10-8-24)20(27)13-16-3-2-6-21-16/h2-6,11,14,21H,7-10,12-13H2,1H3. The first-order valence-electron chi connectivity index (χ1n) is 9.18. The molecule has 1 aliphatic rings. The summed E-state index contributed by atoms with van der Waals surface area (Å²) in [6.07, 6.45) is 4.34. The van der Waals surface area contributed by atoms with Crippen molar-refractivity contribution in [1.29, 1.82) is 0 Å². The van der Waals surface area contributed by atoms with Crippen LogP contribution in [0.25, 0.3) is 11.0 Å². The van der Waals surface area contributed by atoms with E-state index in [9.17, 15) is 9.59 Å². The highest BCUT2D eigenvalue weighted by atomic mass is 16.2. The molecule has 2 aromatic heterocycles. The van der Waals surface area contributed by atoms with Gasteiger partial charge in [0.25, 0.3) is 0 Å². The molecule has 2 amide bonds. The second kappa shape index (κ2) is 7.26. The number of rotatable bonds is 4. The molecule has 0 spiro atoms. The number of piperazine rings is 1. The average molecular weight is 365 g/mol. The lowest BCUT2D eigenvalue weighted by atomic mass is 10.1. The fourth-order valence-electron chi connectivity index (χ4n) is 3.54. The van der Waals surface area contributed by atoms with Gasteiger partial charge in [0.1, 0.15) is 0 Å². The van der Waals surface area contributed by atoms with E-state index in [0.717, 1.165) is 22.3 Å². The van der Waals surface area contributed by atoms with Crippen LogP contribution in [0.3, 0.4) is 0 Å². The van der Waals surface area contributed by atoms with Crippen LogP contribution in [0.5, 0.6) is 0 Å². The van der Waals surface area contributed by atoms with E-state index in [4.69, 9.17) is 0 Å². The average Bonchev–Trinajstić information content (AvgIpc) is 3.32. The number of hydrogen-bond acceptors (Lipinski definition) is 3. The number of H-pyrrole nitrogens is 1. The van der Waals surface area contributed by atoms with Crippen molar-refractivity contribution < 1.29 is 9.59 Å². The highest BCUT2D eigenvalue weighted by Crippen LogP contribution is 2.15. The fourth-order valence-corrected chi connectivity index (χ4v) is 3.54. The van der Waals surface area contributed by atoms with Crippen LogP contribution in [0.2, 0.25) is 0 Å². The molecule has 0 atom stereocenters. The van der Waals surface area contributed by atoms with Gasteiger partial charge in [0.2, 0.25) is 11.8 Å². The summed E-state index contributed by atoms with van der Waals surface area (Å²) in [6.45, 7) is 2.34. The minimum Gasteiger partial charge on any atom is -0.365 e. The molecule has 140 valence electrons. The lowest BCUT2D eigenvalue weighted by Gasteiger charge is -2.35. The van der Waals surface area contributed by atoms with Gasteiger partial charge in [-0.3, -0.25) is 9.59 Å². The Balaban J connectivity index is 1.32. The molecule has 3 aromatic rings. The summed E-state index contributed by atoms with van der Waals surface area (Å²) in [5.74, 6) is 0.201. The van der Waals surface area contributed by atoms with Crippen LogP contribution in [0.1, 0.15) is 11.3 Å². The number of hydrogen-bond donors (Lipinski definition) is 1. The third-order valence-electron chi connectivity index (χ3n) is 5.13. The maximum atomic E-state index is 12.6. The van der Waals surface area contributed by atoms with Gasteiger partial charge in [-0.15, -0.1) is 0 Å². The Kier molecular flexibility index (Phi) is 4.66. The normalized spacial score (nSPS) is 14.7. The number of carbonyl (C=O) groups is 2. The predicted octanol–water partition coefficient (Wildman–Crippen LogP) is 1.36. The first-order valence-corrected chi connectivity index (χ1v) is 9.18. The number of benzene rings is 1. The van der Waals surface area contributed by atoms with Gasteiger partial charge in [0.15, 0.2) is 0 Å². The molecule has 1 fully saturated rings. The minimum atomic E-state index is 0.0988. The number of imidazole rings is 1. The molecule has 0 bridgehead atoms. The molecule has 27 heavy (non-hydrogen) atoms. The minimum absolute atomic E-state index is 0.0988. The molecular formula is C20H23N5O2. The molecule has 0 saturated carbocycles. The topological polar surface area (TPSA) is 74.2 Å². The Hall–Kier alpha value is -3.09. The summed E-state index contributed by atoms with van der Waals surface area (Å²) in [4.78, 5) is 36.1. The SMILES string of the molecule is Cn1cnc2cc(CC(=O)N3CCN(C(=O)Cc4ccc[nH]4)CC3)ccc21. The Bertz CT molecular complexity index is 952. The van der Waals surface area contributed by atoms with Crippen molar-refractivity contribution >= 4 is 22.8 Å². The summed E-state index contributed by atoms with van der Waals surface area (Å²) < 4.78 is 1.96. The van der Waals surface area contributed by atoms with Gasteiger partial charge in [-0.05, 0) is 29.8 Å². The molecule has 0 unspecified atom stereocenters. The van der Waals surface area contributed by atoms with Crippen LogP contribution in [-0.4, -0.2) is 62.3 Å². The zero-order valence-corrected chi connectivity index (χ0v) is 15.4. The largest absolute Gasteiger partial charge is 0.365 e. The second-order valence-corrected chi connectivity index (χ2v) is 6.99. The predicted molar refractivity (Wildman–Crippen MR) is 102 cm³/mol. The molecule has 1 aromatic carbocycles. The monoisotopic (exact) mass is 365 g/mol. The van der Waals surface area contributed by atoms with Gasteiger partial charge in [-0.2, -0.15) is 0 Å². The summed E-state index contributed by atoms with van der Waals surface area (Å²) in [6, 6.07) is 9.77. The fraction of sp³-hybridized carbons (Fsp3) is 0.350. The van der Waals surface area contributed by atoms with Gasteiger partial charge in [-0.25, -0.2) is 4.98 Å². The van der Waals surface area contributed by atoms with Crippen molar-refractivity contribution in [3.05, 3.63) is 54.1 Å². The van der Waals surface area contributed by atoms with Gasteiger partial charge >= 0.3 is 0 Å². The molecule has 1 aliphatic heterocycles. The molecule has 4 rings (SSSR count). The third kappa shape index (κ3) is 3.72. The van der Waals surface area contributed by atoms with Crippen molar-refractivity contribution in [3.63, 3.8) is 0 Å². The quantitative estimate of drug-likeness (QED) is 0.759. The summed E-state index contributed by atoms with van der Waals surface area (Å²) in [5.41, 5.74) is 3.85. The molecule has 7 heteroatoms. The van der Waals surface area contributed by atoms with E-state index in [0.29, 0.717) is 39.0 Å². The highest BCUT2D eigenvalue weighted by molar-refractivity contribution is 5.82. The number of aromatic nitrogens is 3. The molecule has 0 radical (unpaired) electrons. The number of nitrogens with one attached hydrogen (secondary N) is 1. The Labute approximate surface area is 157 Å². The third-order valence-corrected chi connectivity index (χ3v) is 5.13. The van der Waals surface area contributed by atoms with Gasteiger partial charge in [-0.1, -0.05) is 6.07 Å². The van der Waals surface area contributed by atoms with Crippen molar-refractivity contribution in [1.82, 2.24) is 24.3 Å². The van der Waals surface area contributed by atoms with Crippen molar-refractivity contribution in [2.75, 3.05) is 26.2 Å². The Morgan fingerprint density at radius 2 is 1.74 bits per heavy atom. The summed E-state index contributed by atoms with van der Waals surface area (Å²) in [5, 5.41) is 0. The van der Waals surface area contributed by atoms with Crippen molar-refractivity contribution in [2.24, 2.45) is 7.05 Å². The zero-order chi connectivity index (χ0) is 18.8. The first kappa shape index (κ1) is 17.3. The highest BCUT2D eigenvalue weighted by Gasteiger charge is 2.24. The van der Waals surface area contributed by atoms with Crippen LogP contribution >= 0.6 is 0 Å². The number of nitrogens with zero attached hydrogens (tertiary/aromatic N) is 4. The first-order chi connectivity index (χ1) is 13.1. The van der Waals surface area contributed by atoms with E-state index in [-0.39, 0.29) is 11.8 Å². The number of carbonyl (C=O) groups excluding carboxylic acids is 2. The van der Waals surface area contributed by atoms with Crippen molar-refractivity contribution in [3.8, 4) is 0 Å². The van der Waals surface area contributed by atoms with E-state index in [1.165, 1.54) is 0 Å². The Morgan fingerprint density at radius 1 is 1.04 bits per heavy atom. The maximum absolute atomic E-state index is 12.6. The zero-order valence-electron chi connectivity index (χ0n) is 15.4. The summed E-state index contributed by atoms with van der Waals surface area (Å²) >= 11 is 0. The van der Waals surface area contributed by atoms with Crippen LogP contribution in [-0.2, 0) is 29.5 Å². The van der Waals surface area contributed by atoms with Crippen LogP contribution in [0.4, 0.5) is 0 Å². The number of aromatic amines is 1. The molecule has 0 aliphatic carbocycles. The van der Waals surface area contributed by atoms with Crippen LogP contribution < -0.4 is 0 Å². The smallest absolute Gasteiger partial charge is 0.228 e. The van der Waals surface area contributed by atoms with E-state index >= 15 is 0 Å². The van der Waals surface area contributed by atoms with E-state index < -0.39 is 0 Å². The molecule has 1 N–H and O–H groups in total. The Morgan fingerprint density at radius 3 is 2.41 bits per heavy atom. The summed E-state index contributed by atoms with van der Waals surface area (Å²) in [7, 11) is 1.96. The molecule has 1 saturated heterocycles. The lowest BCUT2D eigenvalue weighted by molar-refractivity contribution is -0.138. The van der Waals surface area contributed by atoms with Crippen LogP contribution in [0, 0.1) is 0 Å². The van der Waals surface area contributed by atoms with E-state index in [1.54, 1.807) is 6.33 Å². The number of fused-ring (bicyclic) bond motifs is 1. The van der Waals surface area contributed by atoms with Gasteiger partial charge in [0, 0.05) is 45.1 Å². The van der Waals surface area contributed by atoms with Gasteiger partial charge in [0.05, 0.1) is 30.2 Å². The lowest BCUT2D eigenvalue weighted by Crippen LogP contribution is -2.51. The van der Waals surface area contributed by atoms with Crippen molar-refractivity contribution in [2.45, 2.75) is 12.8 Å². The second-order valence-electron chi connectivity index (χ2n) is 6.99. The number of amides is 2. The van der Waals surface area contributed by atoms with E-state index in [2.05, 4.69) is 9.97 Å². The van der Waals surface area contributed by atoms with E-state index in [1.807, 2.05) is 57.9 Å². The molecule has 7 nitrogen and oxygen atoms in total.